The molecule has 0 atom stereocenters. The van der Waals surface area contributed by atoms with E-state index >= 15 is 0 Å². The zero-order valence-corrected chi connectivity index (χ0v) is 18.1. The minimum atomic E-state index is -0.349. The summed E-state index contributed by atoms with van der Waals surface area (Å²) in [5, 5.41) is 7.56. The second-order valence-electron chi connectivity index (χ2n) is 7.74. The van der Waals surface area contributed by atoms with Crippen molar-refractivity contribution in [3.63, 3.8) is 0 Å². The molecule has 5 aromatic rings. The highest BCUT2D eigenvalue weighted by Crippen LogP contribution is 2.24. The number of para-hydroxylation sites is 3. The number of hydrogen-bond donors (Lipinski definition) is 1. The Morgan fingerprint density at radius 2 is 1.68 bits per heavy atom. The van der Waals surface area contributed by atoms with E-state index in [4.69, 9.17) is 0 Å². The van der Waals surface area contributed by atoms with Gasteiger partial charge in [0.05, 0.1) is 28.6 Å². The van der Waals surface area contributed by atoms with Gasteiger partial charge < -0.3 is 5.32 Å². The van der Waals surface area contributed by atoms with Crippen molar-refractivity contribution in [2.24, 2.45) is 0 Å². The third-order valence-corrected chi connectivity index (χ3v) is 5.46. The van der Waals surface area contributed by atoms with Crippen LogP contribution in [-0.4, -0.2) is 25.2 Å². The van der Waals surface area contributed by atoms with Gasteiger partial charge in [-0.15, -0.1) is 0 Å². The molecule has 0 saturated carbocycles. The van der Waals surface area contributed by atoms with Crippen LogP contribution >= 0.6 is 0 Å². The third kappa shape index (κ3) is 4.33. The first-order valence-corrected chi connectivity index (χ1v) is 10.7. The molecule has 0 bridgehead atoms. The number of fused-ring (bicyclic) bond motifs is 1. The largest absolute Gasteiger partial charge is 0.350 e. The average Bonchev–Trinajstić information content (AvgIpc) is 3.30. The first kappa shape index (κ1) is 21.3. The van der Waals surface area contributed by atoms with Crippen LogP contribution in [0.3, 0.4) is 0 Å². The molecule has 0 fully saturated rings. The molecular weight excluding hydrogens is 433 g/mol. The lowest BCUT2D eigenvalue weighted by molar-refractivity contribution is -0.121. The van der Waals surface area contributed by atoms with Gasteiger partial charge in [-0.3, -0.25) is 14.2 Å². The topological polar surface area (TPSA) is 81.8 Å². The minimum Gasteiger partial charge on any atom is -0.350 e. The van der Waals surface area contributed by atoms with Crippen LogP contribution < -0.4 is 10.9 Å². The van der Waals surface area contributed by atoms with Gasteiger partial charge in [0.15, 0.2) is 0 Å². The van der Waals surface area contributed by atoms with Gasteiger partial charge in [0.25, 0.3) is 5.56 Å². The van der Waals surface area contributed by atoms with Crippen molar-refractivity contribution in [1.29, 1.82) is 0 Å². The van der Waals surface area contributed by atoms with Crippen molar-refractivity contribution in [3.8, 4) is 16.9 Å². The van der Waals surface area contributed by atoms with Crippen LogP contribution in [0.15, 0.2) is 96.1 Å². The fraction of sp³-hybridized carbons (Fsp3) is 0.0769. The van der Waals surface area contributed by atoms with Crippen LogP contribution in [-0.2, 0) is 17.9 Å². The molecule has 168 valence electrons. The summed E-state index contributed by atoms with van der Waals surface area (Å²) >= 11 is 0. The fourth-order valence-corrected chi connectivity index (χ4v) is 3.77. The van der Waals surface area contributed by atoms with Crippen molar-refractivity contribution >= 4 is 16.9 Å². The van der Waals surface area contributed by atoms with E-state index in [0.717, 1.165) is 16.8 Å². The molecule has 8 heteroatoms. The zero-order valence-electron chi connectivity index (χ0n) is 18.1. The predicted molar refractivity (Wildman–Crippen MR) is 127 cm³/mol. The van der Waals surface area contributed by atoms with Gasteiger partial charge in [-0.05, 0) is 48.5 Å². The molecule has 0 saturated heterocycles. The lowest BCUT2D eigenvalue weighted by atomic mass is 10.1. The Morgan fingerprint density at radius 1 is 0.941 bits per heavy atom. The van der Waals surface area contributed by atoms with Crippen LogP contribution in [0.2, 0.25) is 0 Å². The Balaban J connectivity index is 1.41. The maximum absolute atomic E-state index is 13.5. The number of hydrogen-bond acceptors (Lipinski definition) is 4. The van der Waals surface area contributed by atoms with E-state index in [1.807, 2.05) is 42.6 Å². The minimum absolute atomic E-state index is 0.138. The number of rotatable bonds is 6. The molecule has 0 aliphatic carbocycles. The van der Waals surface area contributed by atoms with Crippen LogP contribution in [0.25, 0.3) is 28.0 Å². The van der Waals surface area contributed by atoms with Gasteiger partial charge in [0.1, 0.15) is 12.4 Å². The first-order valence-electron chi connectivity index (χ1n) is 10.7. The SMILES string of the molecule is O=C(Cn1c(=O)cnc2ccccc21)NCc1cn(-c2ccccc2)nc1-c1ccc(F)cc1. The molecule has 0 unspecified atom stereocenters. The van der Waals surface area contributed by atoms with E-state index in [-0.39, 0.29) is 30.4 Å². The number of carbonyl (C=O) groups excluding carboxylic acids is 1. The van der Waals surface area contributed by atoms with Crippen molar-refractivity contribution in [1.82, 2.24) is 24.6 Å². The smallest absolute Gasteiger partial charge is 0.269 e. The second-order valence-corrected chi connectivity index (χ2v) is 7.74. The van der Waals surface area contributed by atoms with E-state index in [1.54, 1.807) is 35.0 Å². The van der Waals surface area contributed by atoms with Crippen LogP contribution in [0.4, 0.5) is 4.39 Å². The molecule has 34 heavy (non-hydrogen) atoms. The maximum Gasteiger partial charge on any atom is 0.269 e. The Hall–Kier alpha value is -4.59. The van der Waals surface area contributed by atoms with Crippen molar-refractivity contribution < 1.29 is 9.18 Å². The Labute approximate surface area is 194 Å². The number of carbonyl (C=O) groups is 1. The van der Waals surface area contributed by atoms with Gasteiger partial charge in [0, 0.05) is 23.9 Å². The second kappa shape index (κ2) is 9.11. The molecule has 0 radical (unpaired) electrons. The number of nitrogens with zero attached hydrogens (tertiary/aromatic N) is 4. The zero-order chi connectivity index (χ0) is 23.5. The molecule has 1 amide bonds. The van der Waals surface area contributed by atoms with E-state index in [2.05, 4.69) is 15.4 Å². The summed E-state index contributed by atoms with van der Waals surface area (Å²) in [4.78, 5) is 29.3. The van der Waals surface area contributed by atoms with Crippen molar-refractivity contribution in [2.75, 3.05) is 0 Å². The molecule has 2 aromatic heterocycles. The van der Waals surface area contributed by atoms with E-state index in [9.17, 15) is 14.0 Å². The van der Waals surface area contributed by atoms with E-state index in [1.165, 1.54) is 22.9 Å². The fourth-order valence-electron chi connectivity index (χ4n) is 3.77. The van der Waals surface area contributed by atoms with Gasteiger partial charge in [-0.2, -0.15) is 5.10 Å². The van der Waals surface area contributed by atoms with Gasteiger partial charge in [0.2, 0.25) is 5.91 Å². The van der Waals surface area contributed by atoms with Crippen LogP contribution in [0.1, 0.15) is 5.56 Å². The summed E-state index contributed by atoms with van der Waals surface area (Å²) in [6.07, 6.45) is 3.05. The number of amides is 1. The van der Waals surface area contributed by atoms with Crippen molar-refractivity contribution in [3.05, 3.63) is 113 Å². The normalized spacial score (nSPS) is 11.0. The predicted octanol–water partition coefficient (Wildman–Crippen LogP) is 3.70. The first-order chi connectivity index (χ1) is 16.6. The lowest BCUT2D eigenvalue weighted by Crippen LogP contribution is -2.32. The number of aromatic nitrogens is 4. The monoisotopic (exact) mass is 453 g/mol. The lowest BCUT2D eigenvalue weighted by Gasteiger charge is -2.10. The molecule has 2 heterocycles. The Morgan fingerprint density at radius 3 is 2.47 bits per heavy atom. The molecule has 5 rings (SSSR count). The van der Waals surface area contributed by atoms with Gasteiger partial charge in [-0.25, -0.2) is 14.1 Å². The quantitative estimate of drug-likeness (QED) is 0.425. The van der Waals surface area contributed by atoms with Gasteiger partial charge >= 0.3 is 0 Å². The Bertz CT molecular complexity index is 1520. The van der Waals surface area contributed by atoms with Crippen molar-refractivity contribution in [2.45, 2.75) is 13.1 Å². The third-order valence-electron chi connectivity index (χ3n) is 5.46. The summed E-state index contributed by atoms with van der Waals surface area (Å²) < 4.78 is 16.6. The molecule has 7 nitrogen and oxygen atoms in total. The van der Waals surface area contributed by atoms with E-state index < -0.39 is 0 Å². The highest BCUT2D eigenvalue weighted by molar-refractivity contribution is 5.80. The number of benzene rings is 3. The van der Waals surface area contributed by atoms with Gasteiger partial charge in [-0.1, -0.05) is 30.3 Å². The highest BCUT2D eigenvalue weighted by Gasteiger charge is 2.15. The summed E-state index contributed by atoms with van der Waals surface area (Å²) in [5.74, 6) is -0.660. The summed E-state index contributed by atoms with van der Waals surface area (Å²) in [6, 6.07) is 22.8. The summed E-state index contributed by atoms with van der Waals surface area (Å²) in [5.41, 5.74) is 3.87. The summed E-state index contributed by atoms with van der Waals surface area (Å²) in [6.45, 7) is 0.0523. The van der Waals surface area contributed by atoms with Crippen LogP contribution in [0.5, 0.6) is 0 Å². The molecular formula is C26H20FN5O2. The number of nitrogens with one attached hydrogen (secondary N) is 1. The molecule has 1 N–H and O–H groups in total. The highest BCUT2D eigenvalue weighted by atomic mass is 19.1. The standard InChI is InChI=1S/C26H20FN5O2/c27-20-12-10-18(11-13-20)26-19(16-32(30-26)21-6-2-1-3-7-21)14-29-24(33)17-31-23-9-5-4-8-22(23)28-15-25(31)34/h1-13,15-16H,14,17H2,(H,29,33). The molecule has 0 aliphatic heterocycles. The summed E-state index contributed by atoms with van der Waals surface area (Å²) in [7, 11) is 0. The molecule has 3 aromatic carbocycles. The molecule has 0 spiro atoms. The average molecular weight is 453 g/mol. The number of halogens is 1. The Kier molecular flexibility index (Phi) is 5.70. The maximum atomic E-state index is 13.5. The van der Waals surface area contributed by atoms with E-state index in [0.29, 0.717) is 16.7 Å². The van der Waals surface area contributed by atoms with Crippen LogP contribution in [0, 0.1) is 5.82 Å². The molecule has 0 aliphatic rings.